The average Bonchev–Trinajstić information content (AvgIpc) is 2.93. The van der Waals surface area contributed by atoms with Gasteiger partial charge in [0.15, 0.2) is 5.82 Å². The highest BCUT2D eigenvalue weighted by Crippen LogP contribution is 2.27. The van der Waals surface area contributed by atoms with Crippen molar-refractivity contribution in [3.8, 4) is 0 Å². The quantitative estimate of drug-likeness (QED) is 0.769. The Kier molecular flexibility index (Phi) is 3.77. The largest absolute Gasteiger partial charge is 0.463 e. The molecule has 6 heteroatoms. The van der Waals surface area contributed by atoms with Gasteiger partial charge in [0.25, 0.3) is 0 Å². The zero-order chi connectivity index (χ0) is 16.6. The smallest absolute Gasteiger partial charge is 0.152 e. The van der Waals surface area contributed by atoms with Crippen LogP contribution >= 0.6 is 0 Å². The van der Waals surface area contributed by atoms with Gasteiger partial charge in [-0.1, -0.05) is 0 Å². The number of nitrogens with one attached hydrogen (secondary N) is 1. The van der Waals surface area contributed by atoms with Crippen molar-refractivity contribution < 1.29 is 18.3 Å². The van der Waals surface area contributed by atoms with Crippen molar-refractivity contribution in [3.05, 3.63) is 59.7 Å². The molecule has 1 unspecified atom stereocenters. The Morgan fingerprint density at radius 3 is 2.74 bits per heavy atom. The number of rotatable bonds is 4. The molecule has 0 saturated heterocycles. The van der Waals surface area contributed by atoms with E-state index in [1.807, 2.05) is 0 Å². The van der Waals surface area contributed by atoms with Crippen LogP contribution in [-0.2, 0) is 5.60 Å². The van der Waals surface area contributed by atoms with Gasteiger partial charge >= 0.3 is 0 Å². The number of fused-ring (bicyclic) bond motifs is 1. The lowest BCUT2D eigenvalue weighted by Gasteiger charge is -2.22. The number of halogens is 2. The van der Waals surface area contributed by atoms with Gasteiger partial charge in [-0.05, 0) is 38.1 Å². The number of furan rings is 1. The Morgan fingerprint density at radius 1 is 1.26 bits per heavy atom. The molecule has 0 aliphatic rings. The highest BCUT2D eigenvalue weighted by molar-refractivity contribution is 5.91. The fourth-order valence-corrected chi connectivity index (χ4v) is 2.41. The Hall–Kier alpha value is -2.47. The van der Waals surface area contributed by atoms with Gasteiger partial charge in [0.2, 0.25) is 0 Å². The molecule has 4 nitrogen and oxygen atoms in total. The molecular weight excluding hydrogens is 302 g/mol. The van der Waals surface area contributed by atoms with Gasteiger partial charge in [0, 0.05) is 23.3 Å². The average molecular weight is 318 g/mol. The number of hydrogen-bond donors (Lipinski definition) is 2. The molecule has 0 aliphatic heterocycles. The summed E-state index contributed by atoms with van der Waals surface area (Å²) < 4.78 is 32.7. The maximum absolute atomic E-state index is 13.8. The molecule has 1 atom stereocenters. The molecule has 0 spiro atoms. The molecule has 120 valence electrons. The second-order valence-electron chi connectivity index (χ2n) is 5.68. The summed E-state index contributed by atoms with van der Waals surface area (Å²) >= 11 is 0. The van der Waals surface area contributed by atoms with E-state index in [4.69, 9.17) is 4.42 Å². The third-order valence-corrected chi connectivity index (χ3v) is 3.66. The molecule has 0 bridgehead atoms. The van der Waals surface area contributed by atoms with E-state index in [2.05, 4.69) is 10.3 Å². The summed E-state index contributed by atoms with van der Waals surface area (Å²) in [7, 11) is 0. The van der Waals surface area contributed by atoms with E-state index < -0.39 is 17.2 Å². The molecule has 0 amide bonds. The first-order valence-corrected chi connectivity index (χ1v) is 7.14. The molecule has 0 fully saturated rings. The molecule has 2 heterocycles. The van der Waals surface area contributed by atoms with Gasteiger partial charge in [-0.25, -0.2) is 8.78 Å². The first kappa shape index (κ1) is 15.4. The van der Waals surface area contributed by atoms with Crippen molar-refractivity contribution >= 4 is 16.6 Å². The van der Waals surface area contributed by atoms with Crippen LogP contribution in [-0.4, -0.2) is 16.6 Å². The van der Waals surface area contributed by atoms with Crippen molar-refractivity contribution in [1.29, 1.82) is 0 Å². The van der Waals surface area contributed by atoms with Gasteiger partial charge in [0.05, 0.1) is 6.54 Å². The molecular formula is C17H16F2N2O2. The SMILES string of the molecule is Cc1ccc(C(C)(O)CNc2ccnc3c(F)cc(F)cc23)o1. The maximum Gasteiger partial charge on any atom is 0.152 e. The van der Waals surface area contributed by atoms with Crippen molar-refractivity contribution in [3.63, 3.8) is 0 Å². The van der Waals surface area contributed by atoms with Gasteiger partial charge < -0.3 is 14.8 Å². The van der Waals surface area contributed by atoms with Crippen LogP contribution in [0.15, 0.2) is 40.9 Å². The Morgan fingerprint density at radius 2 is 2.04 bits per heavy atom. The standard InChI is InChI=1S/C17H16F2N2O2/c1-10-3-4-15(23-10)17(2,22)9-21-14-5-6-20-16-12(14)7-11(18)8-13(16)19/h3-8,22H,9H2,1-2H3,(H,20,21). The minimum absolute atomic E-state index is 0.0740. The Labute approximate surface area is 131 Å². The van der Waals surface area contributed by atoms with Crippen LogP contribution in [0.3, 0.4) is 0 Å². The Balaban J connectivity index is 1.90. The lowest BCUT2D eigenvalue weighted by Crippen LogP contribution is -2.30. The number of aromatic nitrogens is 1. The minimum atomic E-state index is -1.27. The zero-order valence-electron chi connectivity index (χ0n) is 12.7. The van der Waals surface area contributed by atoms with Gasteiger partial charge in [-0.3, -0.25) is 4.98 Å². The fourth-order valence-electron chi connectivity index (χ4n) is 2.41. The van der Waals surface area contributed by atoms with Crippen LogP contribution in [0.1, 0.15) is 18.4 Å². The van der Waals surface area contributed by atoms with Crippen LogP contribution in [0.4, 0.5) is 14.5 Å². The predicted molar refractivity (Wildman–Crippen MR) is 83.2 cm³/mol. The summed E-state index contributed by atoms with van der Waals surface area (Å²) in [5.74, 6) is -0.298. The van der Waals surface area contributed by atoms with Crippen molar-refractivity contribution in [2.75, 3.05) is 11.9 Å². The number of hydrogen-bond acceptors (Lipinski definition) is 4. The van der Waals surface area contributed by atoms with Crippen LogP contribution in [0, 0.1) is 18.6 Å². The van der Waals surface area contributed by atoms with Gasteiger partial charge in [-0.2, -0.15) is 0 Å². The van der Waals surface area contributed by atoms with Crippen molar-refractivity contribution in [2.45, 2.75) is 19.4 Å². The van der Waals surface area contributed by atoms with E-state index in [1.54, 1.807) is 32.0 Å². The van der Waals surface area contributed by atoms with Crippen molar-refractivity contribution in [2.24, 2.45) is 0 Å². The van der Waals surface area contributed by atoms with Gasteiger partial charge in [-0.15, -0.1) is 0 Å². The molecule has 0 aliphatic carbocycles. The number of pyridine rings is 1. The summed E-state index contributed by atoms with van der Waals surface area (Å²) in [6.07, 6.45) is 1.43. The fraction of sp³-hybridized carbons (Fsp3) is 0.235. The highest BCUT2D eigenvalue weighted by atomic mass is 19.1. The molecule has 3 rings (SSSR count). The van der Waals surface area contributed by atoms with E-state index in [1.165, 1.54) is 12.3 Å². The number of aryl methyl sites for hydroxylation is 1. The van der Waals surface area contributed by atoms with Crippen LogP contribution in [0.5, 0.6) is 0 Å². The first-order valence-electron chi connectivity index (χ1n) is 7.14. The molecule has 1 aromatic carbocycles. The number of nitrogens with zero attached hydrogens (tertiary/aromatic N) is 1. The number of benzene rings is 1. The summed E-state index contributed by atoms with van der Waals surface area (Å²) in [6.45, 7) is 3.49. The maximum atomic E-state index is 13.8. The number of aliphatic hydroxyl groups is 1. The second-order valence-corrected chi connectivity index (χ2v) is 5.68. The normalized spacial score (nSPS) is 14.0. The highest BCUT2D eigenvalue weighted by Gasteiger charge is 2.27. The van der Waals surface area contributed by atoms with Crippen LogP contribution in [0.25, 0.3) is 10.9 Å². The van der Waals surface area contributed by atoms with Crippen LogP contribution < -0.4 is 5.32 Å². The summed E-state index contributed by atoms with van der Waals surface area (Å²) in [5, 5.41) is 13.8. The Bertz CT molecular complexity index is 859. The molecule has 2 aromatic heterocycles. The molecule has 2 N–H and O–H groups in total. The third kappa shape index (κ3) is 3.03. The topological polar surface area (TPSA) is 58.3 Å². The van der Waals surface area contributed by atoms with Crippen molar-refractivity contribution in [1.82, 2.24) is 4.98 Å². The van der Waals surface area contributed by atoms with E-state index in [-0.39, 0.29) is 12.1 Å². The molecule has 3 aromatic rings. The predicted octanol–water partition coefficient (Wildman–Crippen LogP) is 3.73. The van der Waals surface area contributed by atoms with E-state index in [0.29, 0.717) is 22.6 Å². The molecule has 0 saturated carbocycles. The van der Waals surface area contributed by atoms with Crippen LogP contribution in [0.2, 0.25) is 0 Å². The summed E-state index contributed by atoms with van der Waals surface area (Å²) in [5.41, 5.74) is -0.711. The first-order chi connectivity index (χ1) is 10.9. The zero-order valence-corrected chi connectivity index (χ0v) is 12.7. The summed E-state index contributed by atoms with van der Waals surface area (Å²) in [4.78, 5) is 3.93. The number of anilines is 1. The summed E-state index contributed by atoms with van der Waals surface area (Å²) in [6, 6.07) is 7.06. The monoisotopic (exact) mass is 318 g/mol. The van der Waals surface area contributed by atoms with E-state index >= 15 is 0 Å². The van der Waals surface area contributed by atoms with E-state index in [0.717, 1.165) is 6.07 Å². The lowest BCUT2D eigenvalue weighted by molar-refractivity contribution is 0.0468. The third-order valence-electron chi connectivity index (χ3n) is 3.66. The molecule has 23 heavy (non-hydrogen) atoms. The van der Waals surface area contributed by atoms with Gasteiger partial charge in [0.1, 0.15) is 28.5 Å². The molecule has 0 radical (unpaired) electrons. The minimum Gasteiger partial charge on any atom is -0.463 e. The lowest BCUT2D eigenvalue weighted by atomic mass is 10.0. The second kappa shape index (κ2) is 5.62. The van der Waals surface area contributed by atoms with E-state index in [9.17, 15) is 13.9 Å².